The average molecular weight is 783 g/mol. The molecule has 0 aliphatic carbocycles. The van der Waals surface area contributed by atoms with E-state index in [1.54, 1.807) is 0 Å². The van der Waals surface area contributed by atoms with Crippen LogP contribution >= 0.6 is 0 Å². The summed E-state index contributed by atoms with van der Waals surface area (Å²) in [5.41, 5.74) is 11.7. The van der Waals surface area contributed by atoms with Crippen LogP contribution in [0.5, 0.6) is 0 Å². The van der Waals surface area contributed by atoms with Crippen LogP contribution in [0.4, 0.5) is 17.1 Å². The molecule has 0 aliphatic rings. The van der Waals surface area contributed by atoms with Gasteiger partial charge in [0.2, 0.25) is 0 Å². The molecule has 0 saturated heterocycles. The fraction of sp³-hybridized carbons (Fsp3) is 0. The third-order valence-corrected chi connectivity index (χ3v) is 8.43. The van der Waals surface area contributed by atoms with Gasteiger partial charge in [-0.25, -0.2) is 4.98 Å². The Bertz CT molecular complexity index is 2530. The zero-order valence-electron chi connectivity index (χ0n) is 25.0. The van der Waals surface area contributed by atoms with E-state index >= 15 is 0 Å². The normalized spacial score (nSPS) is 11.2. The van der Waals surface area contributed by atoms with Crippen molar-refractivity contribution in [3.8, 4) is 22.4 Å². The van der Waals surface area contributed by atoms with E-state index in [2.05, 4.69) is 123 Å². The van der Waals surface area contributed by atoms with E-state index in [0.29, 0.717) is 0 Å². The Balaban J connectivity index is 0.00000324. The second-order valence-corrected chi connectivity index (χ2v) is 11.2. The largest absolute Gasteiger partial charge is 2.00 e. The first-order valence-electron chi connectivity index (χ1n) is 15.2. The van der Waals surface area contributed by atoms with E-state index in [-0.39, 0.29) is 21.1 Å². The van der Waals surface area contributed by atoms with Gasteiger partial charge in [0, 0.05) is 29.0 Å². The van der Waals surface area contributed by atoms with Crippen molar-refractivity contribution in [1.82, 2.24) is 19.4 Å². The molecule has 0 aliphatic heterocycles. The zero-order chi connectivity index (χ0) is 30.5. The minimum absolute atomic E-state index is 0. The van der Waals surface area contributed by atoms with Crippen molar-refractivity contribution in [2.45, 2.75) is 0 Å². The molecule has 5 nitrogen and oxygen atoms in total. The molecule has 4 aromatic heterocycles. The molecule has 5 aromatic carbocycles. The Morgan fingerprint density at radius 1 is 0.553 bits per heavy atom. The van der Waals surface area contributed by atoms with Crippen molar-refractivity contribution < 1.29 is 21.1 Å². The average Bonchev–Trinajstić information content (AvgIpc) is 3.53. The fourth-order valence-corrected chi connectivity index (χ4v) is 6.31. The molecule has 224 valence electrons. The van der Waals surface area contributed by atoms with Gasteiger partial charge in [-0.3, -0.25) is 0 Å². The summed E-state index contributed by atoms with van der Waals surface area (Å²) in [6.45, 7) is 0. The Morgan fingerprint density at radius 2 is 1.32 bits per heavy atom. The van der Waals surface area contributed by atoms with Crippen LogP contribution in [0.3, 0.4) is 0 Å². The van der Waals surface area contributed by atoms with Gasteiger partial charge in [0.25, 0.3) is 0 Å². The van der Waals surface area contributed by atoms with E-state index in [1.165, 1.54) is 5.56 Å². The Kier molecular flexibility index (Phi) is 7.32. The van der Waals surface area contributed by atoms with Crippen LogP contribution in [0.15, 0.2) is 152 Å². The van der Waals surface area contributed by atoms with E-state index < -0.39 is 0 Å². The van der Waals surface area contributed by atoms with E-state index in [1.807, 2.05) is 54.9 Å². The van der Waals surface area contributed by atoms with Crippen LogP contribution in [0.25, 0.3) is 60.9 Å². The molecule has 0 amide bonds. The standard InChI is InChI=1S/C41H25N5.Pt/c1-2-10-28(11-3-1)29-18-20-31(21-19-29)45(32-13-8-12-30(26-32)36-15-6-7-24-42-36)33-22-23-38-35(27-33)40-34(14-9-25-43-40)41-44-37-16-4-5-17-39(37)46(38)41;/h1-25H;/q-2;+2. The molecule has 0 unspecified atom stereocenters. The van der Waals surface area contributed by atoms with Crippen molar-refractivity contribution in [2.75, 3.05) is 4.90 Å². The number of para-hydroxylation sites is 2. The minimum Gasteiger partial charge on any atom is -0.346 e. The molecule has 9 aromatic rings. The van der Waals surface area contributed by atoms with Gasteiger partial charge in [0.15, 0.2) is 0 Å². The number of nitrogens with zero attached hydrogens (tertiary/aromatic N) is 5. The number of fused-ring (bicyclic) bond motifs is 8. The molecular formula is C41H25N5Pt. The van der Waals surface area contributed by atoms with Crippen LogP contribution in [0.1, 0.15) is 0 Å². The second kappa shape index (κ2) is 11.9. The maximum absolute atomic E-state index is 5.01. The van der Waals surface area contributed by atoms with Crippen LogP contribution < -0.4 is 4.90 Å². The first kappa shape index (κ1) is 28.8. The number of anilines is 3. The van der Waals surface area contributed by atoms with Crippen LogP contribution in [0, 0.1) is 12.1 Å². The van der Waals surface area contributed by atoms with E-state index in [4.69, 9.17) is 9.97 Å². The number of benzene rings is 5. The third kappa shape index (κ3) is 4.97. The van der Waals surface area contributed by atoms with Gasteiger partial charge in [-0.15, -0.1) is 48.0 Å². The molecule has 0 radical (unpaired) electrons. The predicted molar refractivity (Wildman–Crippen MR) is 187 cm³/mol. The molecular weight excluding hydrogens is 758 g/mol. The predicted octanol–water partition coefficient (Wildman–Crippen LogP) is 9.99. The van der Waals surface area contributed by atoms with Crippen molar-refractivity contribution in [3.63, 3.8) is 0 Å². The van der Waals surface area contributed by atoms with Gasteiger partial charge in [-0.05, 0) is 70.1 Å². The van der Waals surface area contributed by atoms with Crippen LogP contribution in [-0.2, 0) is 21.1 Å². The smallest absolute Gasteiger partial charge is 0.346 e. The van der Waals surface area contributed by atoms with Crippen molar-refractivity contribution in [3.05, 3.63) is 164 Å². The first-order valence-corrected chi connectivity index (χ1v) is 15.2. The number of hydrogen-bond acceptors (Lipinski definition) is 4. The zero-order valence-corrected chi connectivity index (χ0v) is 27.3. The Hall–Kier alpha value is -5.64. The number of rotatable bonds is 5. The van der Waals surface area contributed by atoms with Gasteiger partial charge in [-0.1, -0.05) is 78.2 Å². The molecule has 0 atom stereocenters. The third-order valence-electron chi connectivity index (χ3n) is 8.43. The van der Waals surface area contributed by atoms with Gasteiger partial charge in [0.1, 0.15) is 5.65 Å². The molecule has 4 heterocycles. The molecule has 9 rings (SSSR count). The minimum atomic E-state index is 0. The van der Waals surface area contributed by atoms with Crippen molar-refractivity contribution in [2.24, 2.45) is 0 Å². The topological polar surface area (TPSA) is 46.3 Å². The monoisotopic (exact) mass is 782 g/mol. The number of imidazole rings is 1. The molecule has 47 heavy (non-hydrogen) atoms. The van der Waals surface area contributed by atoms with Gasteiger partial charge in [-0.2, -0.15) is 0 Å². The summed E-state index contributed by atoms with van der Waals surface area (Å²) in [4.78, 5) is 16.7. The van der Waals surface area contributed by atoms with Crippen LogP contribution in [-0.4, -0.2) is 19.4 Å². The maximum Gasteiger partial charge on any atom is 2.00 e. The molecule has 0 N–H and O–H groups in total. The molecule has 6 heteroatoms. The van der Waals surface area contributed by atoms with E-state index in [0.717, 1.165) is 72.4 Å². The number of pyridine rings is 3. The molecule has 0 bridgehead atoms. The van der Waals surface area contributed by atoms with Crippen molar-refractivity contribution in [1.29, 1.82) is 0 Å². The fourth-order valence-electron chi connectivity index (χ4n) is 6.31. The van der Waals surface area contributed by atoms with Gasteiger partial charge < -0.3 is 19.3 Å². The Labute approximate surface area is 286 Å². The van der Waals surface area contributed by atoms with Crippen molar-refractivity contribution >= 4 is 55.5 Å². The number of hydrogen-bond donors (Lipinski definition) is 0. The maximum atomic E-state index is 5.01. The first-order chi connectivity index (χ1) is 22.8. The van der Waals surface area contributed by atoms with Gasteiger partial charge >= 0.3 is 21.1 Å². The van der Waals surface area contributed by atoms with Gasteiger partial charge in [0.05, 0.1) is 11.0 Å². The van der Waals surface area contributed by atoms with Crippen LogP contribution in [0.2, 0.25) is 0 Å². The summed E-state index contributed by atoms with van der Waals surface area (Å²) in [7, 11) is 0. The SMILES string of the molecule is [Pt+2].[c-]1c(-c2ccccn2)cccc1N(c1[c-]c2c3ncccc3c3nc4ccccc4n3c2cc1)c1ccc(-c2ccccc2)cc1. The summed E-state index contributed by atoms with van der Waals surface area (Å²) >= 11 is 0. The molecule has 0 saturated carbocycles. The molecule has 0 spiro atoms. The summed E-state index contributed by atoms with van der Waals surface area (Å²) in [6.07, 6.45) is 3.65. The van der Waals surface area contributed by atoms with E-state index in [9.17, 15) is 0 Å². The summed E-state index contributed by atoms with van der Waals surface area (Å²) in [5.74, 6) is 0. The molecule has 0 fully saturated rings. The summed E-state index contributed by atoms with van der Waals surface area (Å²) in [5, 5.41) is 1.91. The number of aromatic nitrogens is 4. The summed E-state index contributed by atoms with van der Waals surface area (Å²) < 4.78 is 2.22. The Morgan fingerprint density at radius 3 is 2.17 bits per heavy atom. The quantitative estimate of drug-likeness (QED) is 0.129. The summed E-state index contributed by atoms with van der Waals surface area (Å²) in [6, 6.07) is 55.2. The second-order valence-electron chi connectivity index (χ2n) is 11.2.